The minimum absolute atomic E-state index is 0.997. The van der Waals surface area contributed by atoms with Gasteiger partial charge < -0.3 is 5.43 Å². The Labute approximate surface area is 95.0 Å². The molecule has 1 aliphatic rings. The summed E-state index contributed by atoms with van der Waals surface area (Å²) in [6.07, 6.45) is 2.25. The largest absolute Gasteiger partial charge is 0.310 e. The fraction of sp³-hybridized carbons (Fsp3) is 0.214. The van der Waals surface area contributed by atoms with Crippen LogP contribution in [0.25, 0.3) is 10.8 Å². The Morgan fingerprint density at radius 3 is 2.69 bits per heavy atom. The number of rotatable bonds is 1. The second kappa shape index (κ2) is 3.97. The molecular formula is C14H14N2. The zero-order valence-corrected chi connectivity index (χ0v) is 9.11. The Bertz CT molecular complexity index is 543. The van der Waals surface area contributed by atoms with Gasteiger partial charge in [0.25, 0.3) is 0 Å². The van der Waals surface area contributed by atoms with Crippen molar-refractivity contribution in [3.8, 4) is 0 Å². The van der Waals surface area contributed by atoms with Crippen LogP contribution >= 0.6 is 0 Å². The number of nitrogens with zero attached hydrogens (tertiary/aromatic N) is 1. The first-order valence-corrected chi connectivity index (χ1v) is 5.72. The van der Waals surface area contributed by atoms with Crippen molar-refractivity contribution in [2.75, 3.05) is 6.54 Å². The van der Waals surface area contributed by atoms with Crippen LogP contribution < -0.4 is 5.43 Å². The minimum atomic E-state index is 0.997. The average molecular weight is 210 g/mol. The first-order chi connectivity index (χ1) is 7.93. The van der Waals surface area contributed by atoms with Gasteiger partial charge in [-0.15, -0.1) is 0 Å². The van der Waals surface area contributed by atoms with Gasteiger partial charge in [-0.05, 0) is 35.2 Å². The molecule has 2 aromatic rings. The number of nitrogens with one attached hydrogen (secondary N) is 1. The molecule has 0 saturated heterocycles. The van der Waals surface area contributed by atoms with Crippen LogP contribution in [0.4, 0.5) is 0 Å². The molecule has 2 nitrogen and oxygen atoms in total. The fourth-order valence-electron chi connectivity index (χ4n) is 2.12. The molecule has 2 heteroatoms. The van der Waals surface area contributed by atoms with Crippen molar-refractivity contribution in [3.63, 3.8) is 0 Å². The van der Waals surface area contributed by atoms with Crippen molar-refractivity contribution in [1.29, 1.82) is 0 Å². The zero-order valence-electron chi connectivity index (χ0n) is 9.11. The van der Waals surface area contributed by atoms with Gasteiger partial charge >= 0.3 is 0 Å². The molecule has 3 rings (SSSR count). The second-order valence-corrected chi connectivity index (χ2v) is 4.13. The van der Waals surface area contributed by atoms with E-state index >= 15 is 0 Å². The maximum atomic E-state index is 4.37. The highest BCUT2D eigenvalue weighted by Gasteiger charge is 2.07. The number of hydrogen-bond acceptors (Lipinski definition) is 2. The molecule has 0 unspecified atom stereocenters. The maximum absolute atomic E-state index is 4.37. The zero-order chi connectivity index (χ0) is 10.8. The van der Waals surface area contributed by atoms with Gasteiger partial charge in [0, 0.05) is 6.54 Å². The molecule has 1 aliphatic heterocycles. The fourth-order valence-corrected chi connectivity index (χ4v) is 2.12. The first kappa shape index (κ1) is 9.40. The molecule has 0 spiro atoms. The lowest BCUT2D eigenvalue weighted by molar-refractivity contribution is 0.662. The second-order valence-electron chi connectivity index (χ2n) is 4.13. The Balaban J connectivity index is 2.07. The summed E-state index contributed by atoms with van der Waals surface area (Å²) < 4.78 is 0. The van der Waals surface area contributed by atoms with Crippen LogP contribution in [0.2, 0.25) is 0 Å². The molecule has 0 aromatic heterocycles. The van der Waals surface area contributed by atoms with Crippen LogP contribution in [0.1, 0.15) is 18.4 Å². The van der Waals surface area contributed by atoms with Crippen LogP contribution in [-0.4, -0.2) is 12.3 Å². The third kappa shape index (κ3) is 1.67. The van der Waals surface area contributed by atoms with E-state index in [1.807, 2.05) is 0 Å². The molecule has 0 fully saturated rings. The van der Waals surface area contributed by atoms with Crippen molar-refractivity contribution in [3.05, 3.63) is 48.0 Å². The van der Waals surface area contributed by atoms with Crippen LogP contribution in [0.15, 0.2) is 47.6 Å². The van der Waals surface area contributed by atoms with Crippen molar-refractivity contribution in [2.24, 2.45) is 5.10 Å². The monoisotopic (exact) mass is 210 g/mol. The van der Waals surface area contributed by atoms with Crippen molar-refractivity contribution in [2.45, 2.75) is 12.8 Å². The van der Waals surface area contributed by atoms with Gasteiger partial charge in [-0.3, -0.25) is 0 Å². The molecule has 0 bridgehead atoms. The van der Waals surface area contributed by atoms with E-state index in [1.165, 1.54) is 28.5 Å². The predicted octanol–water partition coefficient (Wildman–Crippen LogP) is 2.93. The smallest absolute Gasteiger partial charge is 0.0676 e. The molecule has 80 valence electrons. The summed E-state index contributed by atoms with van der Waals surface area (Å²) in [5, 5.41) is 6.95. The lowest BCUT2D eigenvalue weighted by Gasteiger charge is -2.13. The van der Waals surface area contributed by atoms with Crippen LogP contribution in [0, 0.1) is 0 Å². The SMILES string of the molecule is c1ccc2cc(C3=NNCCC3)ccc2c1. The highest BCUT2D eigenvalue weighted by Crippen LogP contribution is 2.18. The Kier molecular flexibility index (Phi) is 2.33. The average Bonchev–Trinajstić information content (AvgIpc) is 2.39. The summed E-state index contributed by atoms with van der Waals surface area (Å²) in [6.45, 7) is 0.997. The van der Waals surface area contributed by atoms with E-state index < -0.39 is 0 Å². The molecule has 0 atom stereocenters. The minimum Gasteiger partial charge on any atom is -0.310 e. The molecule has 1 N–H and O–H groups in total. The molecule has 2 aromatic carbocycles. The van der Waals surface area contributed by atoms with Crippen molar-refractivity contribution < 1.29 is 0 Å². The normalized spacial score (nSPS) is 15.6. The quantitative estimate of drug-likeness (QED) is 0.769. The standard InChI is InChI=1S/C14H14N2/c1-2-5-12-10-13(8-7-11(12)4-1)14-6-3-9-15-16-14/h1-2,4-5,7-8,10,15H,3,6,9H2. The molecule has 0 saturated carbocycles. The van der Waals surface area contributed by atoms with Gasteiger partial charge in [0.05, 0.1) is 5.71 Å². The lowest BCUT2D eigenvalue weighted by atomic mass is 10.0. The summed E-state index contributed by atoms with van der Waals surface area (Å²) in [4.78, 5) is 0. The summed E-state index contributed by atoms with van der Waals surface area (Å²) in [7, 11) is 0. The van der Waals surface area contributed by atoms with Gasteiger partial charge in [-0.25, -0.2) is 0 Å². The van der Waals surface area contributed by atoms with E-state index in [9.17, 15) is 0 Å². The van der Waals surface area contributed by atoms with E-state index in [1.54, 1.807) is 0 Å². The van der Waals surface area contributed by atoms with E-state index in [-0.39, 0.29) is 0 Å². The molecule has 16 heavy (non-hydrogen) atoms. The highest BCUT2D eigenvalue weighted by molar-refractivity contribution is 6.03. The molecule has 1 heterocycles. The van der Waals surface area contributed by atoms with Crippen molar-refractivity contribution in [1.82, 2.24) is 5.43 Å². The Morgan fingerprint density at radius 2 is 1.88 bits per heavy atom. The third-order valence-electron chi connectivity index (χ3n) is 3.00. The molecule has 0 aliphatic carbocycles. The van der Waals surface area contributed by atoms with Gasteiger partial charge in [-0.1, -0.05) is 36.4 Å². The van der Waals surface area contributed by atoms with E-state index in [0.29, 0.717) is 0 Å². The molecular weight excluding hydrogens is 196 g/mol. The summed E-state index contributed by atoms with van der Waals surface area (Å²) in [6, 6.07) is 15.0. The van der Waals surface area contributed by atoms with E-state index in [2.05, 4.69) is 53.0 Å². The topological polar surface area (TPSA) is 24.4 Å². The maximum Gasteiger partial charge on any atom is 0.0676 e. The van der Waals surface area contributed by atoms with E-state index in [0.717, 1.165) is 13.0 Å². The van der Waals surface area contributed by atoms with Crippen LogP contribution in [0.3, 0.4) is 0 Å². The summed E-state index contributed by atoms with van der Waals surface area (Å²) in [5.74, 6) is 0. The van der Waals surface area contributed by atoms with Gasteiger partial charge in [-0.2, -0.15) is 5.10 Å². The highest BCUT2D eigenvalue weighted by atomic mass is 15.3. The van der Waals surface area contributed by atoms with Crippen LogP contribution in [-0.2, 0) is 0 Å². The van der Waals surface area contributed by atoms with E-state index in [4.69, 9.17) is 0 Å². The number of benzene rings is 2. The number of fused-ring (bicyclic) bond motifs is 1. The Morgan fingerprint density at radius 1 is 1.00 bits per heavy atom. The van der Waals surface area contributed by atoms with Gasteiger partial charge in [0.2, 0.25) is 0 Å². The number of hydrazone groups is 1. The molecule has 0 radical (unpaired) electrons. The summed E-state index contributed by atoms with van der Waals surface area (Å²) >= 11 is 0. The lowest BCUT2D eigenvalue weighted by Crippen LogP contribution is -2.19. The summed E-state index contributed by atoms with van der Waals surface area (Å²) in [5.41, 5.74) is 5.49. The first-order valence-electron chi connectivity index (χ1n) is 5.72. The van der Waals surface area contributed by atoms with Crippen molar-refractivity contribution >= 4 is 16.5 Å². The van der Waals surface area contributed by atoms with Gasteiger partial charge in [0.15, 0.2) is 0 Å². The molecule has 0 amide bonds. The van der Waals surface area contributed by atoms with Gasteiger partial charge in [0.1, 0.15) is 0 Å². The number of hydrogen-bond donors (Lipinski definition) is 1. The Hall–Kier alpha value is -1.83. The van der Waals surface area contributed by atoms with Crippen LogP contribution in [0.5, 0.6) is 0 Å². The third-order valence-corrected chi connectivity index (χ3v) is 3.00. The predicted molar refractivity (Wildman–Crippen MR) is 67.7 cm³/mol.